The van der Waals surface area contributed by atoms with Gasteiger partial charge in [0.15, 0.2) is 0 Å². The molecule has 1 aliphatic heterocycles. The monoisotopic (exact) mass is 369 g/mol. The fraction of sp³-hybridized carbons (Fsp3) is 0.391. The molecule has 140 valence electrons. The van der Waals surface area contributed by atoms with Crippen molar-refractivity contribution in [1.82, 2.24) is 4.98 Å². The number of benzene rings is 1. The van der Waals surface area contributed by atoms with E-state index in [2.05, 4.69) is 28.2 Å². The zero-order valence-corrected chi connectivity index (χ0v) is 16.3. The van der Waals surface area contributed by atoms with E-state index < -0.39 is 0 Å². The molecule has 0 bridgehead atoms. The molecule has 1 aromatic heterocycles. The Balaban J connectivity index is 1.72. The van der Waals surface area contributed by atoms with Gasteiger partial charge in [-0.3, -0.25) is 0 Å². The third-order valence-electron chi connectivity index (χ3n) is 6.00. The highest BCUT2D eigenvalue weighted by molar-refractivity contribution is 6.03. The van der Waals surface area contributed by atoms with Crippen LogP contribution in [0.4, 0.5) is 5.82 Å². The summed E-state index contributed by atoms with van der Waals surface area (Å²) in [7, 11) is 0. The minimum Gasteiger partial charge on any atom is -0.244 e. The van der Waals surface area contributed by atoms with E-state index in [-0.39, 0.29) is 0 Å². The molecule has 1 aromatic carbocycles. The molecule has 5 heteroatoms. The molecule has 0 unspecified atom stereocenters. The lowest BCUT2D eigenvalue weighted by Crippen LogP contribution is -2.33. The maximum atomic E-state index is 9.20. The third-order valence-corrected chi connectivity index (χ3v) is 6.00. The van der Waals surface area contributed by atoms with Crippen molar-refractivity contribution in [1.29, 1.82) is 10.5 Å². The number of pyridine rings is 1. The van der Waals surface area contributed by atoms with Crippen LogP contribution in [0.5, 0.6) is 0 Å². The van der Waals surface area contributed by atoms with Gasteiger partial charge in [-0.25, -0.2) is 9.99 Å². The molecule has 0 amide bonds. The van der Waals surface area contributed by atoms with Crippen molar-refractivity contribution in [2.45, 2.75) is 52.0 Å². The van der Waals surface area contributed by atoms with Crippen LogP contribution in [-0.4, -0.2) is 16.7 Å². The quantitative estimate of drug-likeness (QED) is 0.791. The number of anilines is 1. The Kier molecular flexibility index (Phi) is 4.84. The van der Waals surface area contributed by atoms with E-state index in [1.807, 2.05) is 38.1 Å². The molecule has 1 fully saturated rings. The second kappa shape index (κ2) is 7.44. The summed E-state index contributed by atoms with van der Waals surface area (Å²) in [6, 6.07) is 14.4. The SMILES string of the molecule is Cc1cc(C2=NN(c3ccc(C#N)c(C)n3)[C@@H](C3CCCC3)C2)ccc1C#N. The average molecular weight is 369 g/mol. The minimum absolute atomic E-state index is 0.299. The van der Waals surface area contributed by atoms with Crippen molar-refractivity contribution in [3.05, 3.63) is 58.3 Å². The summed E-state index contributed by atoms with van der Waals surface area (Å²) < 4.78 is 0. The first kappa shape index (κ1) is 18.2. The fourth-order valence-corrected chi connectivity index (χ4v) is 4.40. The van der Waals surface area contributed by atoms with Gasteiger partial charge in [-0.15, -0.1) is 0 Å². The Labute approximate surface area is 165 Å². The second-order valence-corrected chi connectivity index (χ2v) is 7.76. The summed E-state index contributed by atoms with van der Waals surface area (Å²) in [6.45, 7) is 3.84. The number of hydrogen-bond acceptors (Lipinski definition) is 5. The zero-order valence-electron chi connectivity index (χ0n) is 16.3. The molecular formula is C23H23N5. The highest BCUT2D eigenvalue weighted by Crippen LogP contribution is 2.38. The molecule has 2 aromatic rings. The van der Waals surface area contributed by atoms with E-state index in [0.717, 1.165) is 34.8 Å². The van der Waals surface area contributed by atoms with Gasteiger partial charge in [0.1, 0.15) is 11.9 Å². The van der Waals surface area contributed by atoms with Crippen molar-refractivity contribution in [2.24, 2.45) is 11.0 Å². The largest absolute Gasteiger partial charge is 0.244 e. The van der Waals surface area contributed by atoms with Crippen LogP contribution < -0.4 is 5.01 Å². The smallest absolute Gasteiger partial charge is 0.149 e. The Hall–Kier alpha value is -3.18. The first-order chi connectivity index (χ1) is 13.6. The Bertz CT molecular complexity index is 1020. The summed E-state index contributed by atoms with van der Waals surface area (Å²) in [5.41, 5.74) is 5.15. The van der Waals surface area contributed by atoms with E-state index in [9.17, 15) is 10.5 Å². The number of aryl methyl sites for hydroxylation is 2. The molecule has 0 spiro atoms. The lowest BCUT2D eigenvalue weighted by atomic mass is 9.91. The van der Waals surface area contributed by atoms with E-state index in [1.165, 1.54) is 25.7 Å². The predicted octanol–water partition coefficient (Wildman–Crippen LogP) is 4.62. The van der Waals surface area contributed by atoms with Gasteiger partial charge in [0, 0.05) is 6.42 Å². The van der Waals surface area contributed by atoms with Crippen LogP contribution in [0.2, 0.25) is 0 Å². The van der Waals surface area contributed by atoms with Crippen molar-refractivity contribution in [3.8, 4) is 12.1 Å². The molecule has 2 heterocycles. The van der Waals surface area contributed by atoms with Crippen LogP contribution in [0.1, 0.15) is 60.1 Å². The summed E-state index contributed by atoms with van der Waals surface area (Å²) in [4.78, 5) is 4.67. The molecule has 0 saturated heterocycles. The Morgan fingerprint density at radius 2 is 1.71 bits per heavy atom. The van der Waals surface area contributed by atoms with Crippen molar-refractivity contribution < 1.29 is 0 Å². The van der Waals surface area contributed by atoms with Gasteiger partial charge in [-0.05, 0) is 68.0 Å². The topological polar surface area (TPSA) is 76.1 Å². The number of rotatable bonds is 3. The zero-order chi connectivity index (χ0) is 19.7. The van der Waals surface area contributed by atoms with Crippen LogP contribution in [0.15, 0.2) is 35.4 Å². The molecule has 28 heavy (non-hydrogen) atoms. The van der Waals surface area contributed by atoms with E-state index in [1.54, 1.807) is 0 Å². The van der Waals surface area contributed by atoms with Gasteiger partial charge < -0.3 is 0 Å². The molecule has 1 atom stereocenters. The summed E-state index contributed by atoms with van der Waals surface area (Å²) in [5, 5.41) is 25.5. The lowest BCUT2D eigenvalue weighted by Gasteiger charge is -2.27. The summed E-state index contributed by atoms with van der Waals surface area (Å²) in [5.74, 6) is 1.42. The molecular weight excluding hydrogens is 346 g/mol. The van der Waals surface area contributed by atoms with Crippen LogP contribution in [0.25, 0.3) is 0 Å². The van der Waals surface area contributed by atoms with Gasteiger partial charge in [0.2, 0.25) is 0 Å². The summed E-state index contributed by atoms with van der Waals surface area (Å²) >= 11 is 0. The van der Waals surface area contributed by atoms with E-state index in [4.69, 9.17) is 5.10 Å². The molecule has 1 saturated carbocycles. The van der Waals surface area contributed by atoms with E-state index in [0.29, 0.717) is 23.1 Å². The number of hydrazone groups is 1. The maximum Gasteiger partial charge on any atom is 0.149 e. The van der Waals surface area contributed by atoms with Gasteiger partial charge in [-0.1, -0.05) is 18.9 Å². The minimum atomic E-state index is 0.299. The molecule has 1 aliphatic carbocycles. The Morgan fingerprint density at radius 3 is 2.36 bits per heavy atom. The van der Waals surface area contributed by atoms with Crippen LogP contribution in [0, 0.1) is 42.4 Å². The standard InChI is InChI=1S/C23H23N5/c1-15-11-18(7-8-19(15)13-24)21-12-22(17-5-3-4-6-17)28(27-21)23-10-9-20(14-25)16(2)26-23/h7-11,17,22H,3-6,12H2,1-2H3/t22-/m1/s1. The van der Waals surface area contributed by atoms with Gasteiger partial charge in [0.05, 0.1) is 34.6 Å². The Morgan fingerprint density at radius 1 is 1.00 bits per heavy atom. The first-order valence-corrected chi connectivity index (χ1v) is 9.86. The van der Waals surface area contributed by atoms with Crippen LogP contribution >= 0.6 is 0 Å². The van der Waals surface area contributed by atoms with E-state index >= 15 is 0 Å². The van der Waals surface area contributed by atoms with Crippen molar-refractivity contribution in [3.63, 3.8) is 0 Å². The highest BCUT2D eigenvalue weighted by atomic mass is 15.5. The molecule has 4 rings (SSSR count). The molecule has 0 N–H and O–H groups in total. The number of aromatic nitrogens is 1. The normalized spacial score (nSPS) is 19.4. The van der Waals surface area contributed by atoms with Gasteiger partial charge in [-0.2, -0.15) is 15.6 Å². The lowest BCUT2D eigenvalue weighted by molar-refractivity contribution is 0.428. The predicted molar refractivity (Wildman–Crippen MR) is 109 cm³/mol. The van der Waals surface area contributed by atoms with Crippen LogP contribution in [-0.2, 0) is 0 Å². The first-order valence-electron chi connectivity index (χ1n) is 9.86. The van der Waals surface area contributed by atoms with Crippen molar-refractivity contribution >= 4 is 11.5 Å². The maximum absolute atomic E-state index is 9.20. The van der Waals surface area contributed by atoms with Gasteiger partial charge in [0.25, 0.3) is 0 Å². The van der Waals surface area contributed by atoms with Crippen molar-refractivity contribution in [2.75, 3.05) is 5.01 Å². The van der Waals surface area contributed by atoms with Crippen LogP contribution in [0.3, 0.4) is 0 Å². The highest BCUT2D eigenvalue weighted by Gasteiger charge is 2.36. The number of nitrogens with zero attached hydrogens (tertiary/aromatic N) is 5. The number of nitriles is 2. The second-order valence-electron chi connectivity index (χ2n) is 7.76. The third kappa shape index (κ3) is 3.25. The molecule has 0 radical (unpaired) electrons. The fourth-order valence-electron chi connectivity index (χ4n) is 4.40. The molecule has 5 nitrogen and oxygen atoms in total. The number of hydrogen-bond donors (Lipinski definition) is 0. The average Bonchev–Trinajstić information content (AvgIpc) is 3.37. The molecule has 2 aliphatic rings. The summed E-state index contributed by atoms with van der Waals surface area (Å²) in [6.07, 6.45) is 5.90. The van der Waals surface area contributed by atoms with Gasteiger partial charge >= 0.3 is 0 Å².